The fraction of sp³-hybridized carbons (Fsp3) is 0.909. The SMILES string of the molecule is NC(=O)C1CCCCN1C1CCC(N)C1. The lowest BCUT2D eigenvalue weighted by atomic mass is 9.98. The van der Waals surface area contributed by atoms with Gasteiger partial charge in [0.1, 0.15) is 0 Å². The Labute approximate surface area is 91.0 Å². The maximum atomic E-state index is 11.4. The van der Waals surface area contributed by atoms with Crippen LogP contribution in [0.3, 0.4) is 0 Å². The first kappa shape index (κ1) is 10.9. The highest BCUT2D eigenvalue weighted by atomic mass is 16.1. The zero-order valence-electron chi connectivity index (χ0n) is 9.19. The van der Waals surface area contributed by atoms with Gasteiger partial charge >= 0.3 is 0 Å². The van der Waals surface area contributed by atoms with Gasteiger partial charge in [0.25, 0.3) is 0 Å². The van der Waals surface area contributed by atoms with E-state index in [0.717, 1.165) is 38.6 Å². The molecule has 1 amide bonds. The van der Waals surface area contributed by atoms with Gasteiger partial charge in [-0.05, 0) is 38.6 Å². The number of primary amides is 1. The van der Waals surface area contributed by atoms with E-state index in [1.165, 1.54) is 6.42 Å². The maximum Gasteiger partial charge on any atom is 0.234 e. The lowest BCUT2D eigenvalue weighted by molar-refractivity contribution is -0.125. The third kappa shape index (κ3) is 2.32. The van der Waals surface area contributed by atoms with Gasteiger partial charge in [-0.2, -0.15) is 0 Å². The summed E-state index contributed by atoms with van der Waals surface area (Å²) in [7, 11) is 0. The third-order valence-corrected chi connectivity index (χ3v) is 3.79. The monoisotopic (exact) mass is 211 g/mol. The second kappa shape index (κ2) is 4.49. The number of amides is 1. The first-order valence-corrected chi connectivity index (χ1v) is 5.99. The van der Waals surface area contributed by atoms with Crippen molar-refractivity contribution in [2.75, 3.05) is 6.54 Å². The molecule has 1 saturated carbocycles. The fourth-order valence-electron chi connectivity index (χ4n) is 2.99. The molecule has 2 fully saturated rings. The van der Waals surface area contributed by atoms with Gasteiger partial charge in [0, 0.05) is 12.1 Å². The summed E-state index contributed by atoms with van der Waals surface area (Å²) in [6.07, 6.45) is 6.50. The van der Waals surface area contributed by atoms with E-state index < -0.39 is 0 Å². The highest BCUT2D eigenvalue weighted by Gasteiger charge is 2.35. The normalized spacial score (nSPS) is 38.1. The number of hydrogen-bond acceptors (Lipinski definition) is 3. The van der Waals surface area contributed by atoms with Crippen molar-refractivity contribution in [3.05, 3.63) is 0 Å². The van der Waals surface area contributed by atoms with Gasteiger partial charge in [0.05, 0.1) is 6.04 Å². The lowest BCUT2D eigenvalue weighted by Crippen LogP contribution is -2.51. The molecule has 0 radical (unpaired) electrons. The Balaban J connectivity index is 2.01. The van der Waals surface area contributed by atoms with Crippen LogP contribution < -0.4 is 11.5 Å². The number of carbonyl (C=O) groups excluding carboxylic acids is 1. The summed E-state index contributed by atoms with van der Waals surface area (Å²) >= 11 is 0. The topological polar surface area (TPSA) is 72.4 Å². The summed E-state index contributed by atoms with van der Waals surface area (Å²) in [5, 5.41) is 0. The molecular formula is C11H21N3O. The summed E-state index contributed by atoms with van der Waals surface area (Å²) in [6, 6.07) is 0.789. The van der Waals surface area contributed by atoms with E-state index in [4.69, 9.17) is 11.5 Å². The molecule has 4 N–H and O–H groups in total. The van der Waals surface area contributed by atoms with Gasteiger partial charge in [0.2, 0.25) is 5.91 Å². The molecule has 1 aliphatic carbocycles. The molecular weight excluding hydrogens is 190 g/mol. The Morgan fingerprint density at radius 2 is 2.00 bits per heavy atom. The predicted octanol–water partition coefficient (Wildman–Crippen LogP) is 0.206. The molecule has 2 rings (SSSR count). The molecule has 0 bridgehead atoms. The van der Waals surface area contributed by atoms with Gasteiger partial charge in [-0.15, -0.1) is 0 Å². The summed E-state index contributed by atoms with van der Waals surface area (Å²) in [5.41, 5.74) is 11.4. The molecule has 4 nitrogen and oxygen atoms in total. The summed E-state index contributed by atoms with van der Waals surface area (Å²) in [6.45, 7) is 1.02. The number of rotatable bonds is 2. The Bertz CT molecular complexity index is 244. The van der Waals surface area contributed by atoms with Crippen molar-refractivity contribution in [1.29, 1.82) is 0 Å². The molecule has 3 atom stereocenters. The van der Waals surface area contributed by atoms with Crippen LogP contribution in [0.25, 0.3) is 0 Å². The summed E-state index contributed by atoms with van der Waals surface area (Å²) in [4.78, 5) is 13.7. The first-order valence-electron chi connectivity index (χ1n) is 5.99. The fourth-order valence-corrected chi connectivity index (χ4v) is 2.99. The number of carbonyl (C=O) groups is 1. The van der Waals surface area contributed by atoms with E-state index in [1.54, 1.807) is 0 Å². The predicted molar refractivity (Wildman–Crippen MR) is 59.2 cm³/mol. The molecule has 2 aliphatic rings. The summed E-state index contributed by atoms with van der Waals surface area (Å²) < 4.78 is 0. The zero-order chi connectivity index (χ0) is 10.8. The lowest BCUT2D eigenvalue weighted by Gasteiger charge is -2.38. The number of nitrogens with zero attached hydrogens (tertiary/aromatic N) is 1. The van der Waals surface area contributed by atoms with E-state index in [-0.39, 0.29) is 11.9 Å². The van der Waals surface area contributed by atoms with E-state index in [9.17, 15) is 4.79 Å². The number of hydrogen-bond donors (Lipinski definition) is 2. The van der Waals surface area contributed by atoms with Gasteiger partial charge in [0.15, 0.2) is 0 Å². The van der Waals surface area contributed by atoms with Crippen LogP contribution in [0.1, 0.15) is 38.5 Å². The van der Waals surface area contributed by atoms with Crippen LogP contribution in [0, 0.1) is 0 Å². The smallest absolute Gasteiger partial charge is 0.234 e. The first-order chi connectivity index (χ1) is 7.18. The summed E-state index contributed by atoms with van der Waals surface area (Å²) in [5.74, 6) is -0.157. The van der Waals surface area contributed by atoms with Gasteiger partial charge in [-0.3, -0.25) is 9.69 Å². The van der Waals surface area contributed by atoms with Gasteiger partial charge in [-0.25, -0.2) is 0 Å². The number of likely N-dealkylation sites (tertiary alicyclic amines) is 1. The van der Waals surface area contributed by atoms with Crippen molar-refractivity contribution in [1.82, 2.24) is 4.90 Å². The highest BCUT2D eigenvalue weighted by molar-refractivity contribution is 5.80. The Kier molecular flexibility index (Phi) is 3.26. The minimum Gasteiger partial charge on any atom is -0.368 e. The zero-order valence-corrected chi connectivity index (χ0v) is 9.19. The average molecular weight is 211 g/mol. The molecule has 4 heteroatoms. The van der Waals surface area contributed by atoms with Crippen molar-refractivity contribution in [2.24, 2.45) is 11.5 Å². The molecule has 1 saturated heterocycles. The number of nitrogens with two attached hydrogens (primary N) is 2. The minimum atomic E-state index is -0.157. The van der Waals surface area contributed by atoms with Crippen LogP contribution in [0.15, 0.2) is 0 Å². The molecule has 1 aliphatic heterocycles. The molecule has 0 aromatic rings. The van der Waals surface area contributed by atoms with E-state index >= 15 is 0 Å². The Morgan fingerprint density at radius 1 is 1.20 bits per heavy atom. The standard InChI is InChI=1S/C11H21N3O/c12-8-4-5-9(7-8)14-6-2-1-3-10(14)11(13)15/h8-10H,1-7,12H2,(H2,13,15). The van der Waals surface area contributed by atoms with Crippen molar-refractivity contribution >= 4 is 5.91 Å². The largest absolute Gasteiger partial charge is 0.368 e. The quantitative estimate of drug-likeness (QED) is 0.685. The van der Waals surface area contributed by atoms with Crippen LogP contribution in [-0.2, 0) is 4.79 Å². The van der Waals surface area contributed by atoms with Crippen molar-refractivity contribution < 1.29 is 4.79 Å². The van der Waals surface area contributed by atoms with Crippen molar-refractivity contribution in [2.45, 2.75) is 56.7 Å². The molecule has 0 aromatic heterocycles. The molecule has 0 spiro atoms. The highest BCUT2D eigenvalue weighted by Crippen LogP contribution is 2.28. The molecule has 0 aromatic carbocycles. The Hall–Kier alpha value is -0.610. The van der Waals surface area contributed by atoms with Crippen LogP contribution in [0.4, 0.5) is 0 Å². The van der Waals surface area contributed by atoms with E-state index in [1.807, 2.05) is 0 Å². The van der Waals surface area contributed by atoms with Crippen LogP contribution in [-0.4, -0.2) is 35.5 Å². The molecule has 3 unspecified atom stereocenters. The van der Waals surface area contributed by atoms with Gasteiger partial charge < -0.3 is 11.5 Å². The Morgan fingerprint density at radius 3 is 2.60 bits per heavy atom. The van der Waals surface area contributed by atoms with Gasteiger partial charge in [-0.1, -0.05) is 6.42 Å². The molecule has 15 heavy (non-hydrogen) atoms. The third-order valence-electron chi connectivity index (χ3n) is 3.79. The van der Waals surface area contributed by atoms with Crippen LogP contribution >= 0.6 is 0 Å². The van der Waals surface area contributed by atoms with Crippen molar-refractivity contribution in [3.63, 3.8) is 0 Å². The second-order valence-electron chi connectivity index (χ2n) is 4.88. The van der Waals surface area contributed by atoms with Crippen molar-refractivity contribution in [3.8, 4) is 0 Å². The average Bonchev–Trinajstić information content (AvgIpc) is 2.65. The van der Waals surface area contributed by atoms with Crippen LogP contribution in [0.5, 0.6) is 0 Å². The number of piperidine rings is 1. The maximum absolute atomic E-state index is 11.4. The molecule has 1 heterocycles. The second-order valence-corrected chi connectivity index (χ2v) is 4.88. The van der Waals surface area contributed by atoms with Crippen LogP contribution in [0.2, 0.25) is 0 Å². The van der Waals surface area contributed by atoms with E-state index in [2.05, 4.69) is 4.90 Å². The minimum absolute atomic E-state index is 0.0333. The molecule has 86 valence electrons. The van der Waals surface area contributed by atoms with E-state index in [0.29, 0.717) is 12.1 Å².